The first kappa shape index (κ1) is 18.4. The van der Waals surface area contributed by atoms with Gasteiger partial charge in [0.2, 0.25) is 5.82 Å². The molecule has 6 heteroatoms. The molecule has 0 bridgehead atoms. The molecule has 2 aromatic carbocycles. The number of carbonyl (C=O) groups is 1. The number of nitrogens with zero attached hydrogens (tertiary/aromatic N) is 4. The Labute approximate surface area is 165 Å². The molecule has 0 aliphatic carbocycles. The summed E-state index contributed by atoms with van der Waals surface area (Å²) in [6.45, 7) is 4.93. The zero-order valence-electron chi connectivity index (χ0n) is 16.1. The lowest BCUT2D eigenvalue weighted by Gasteiger charge is -2.32. The predicted octanol–water partition coefficient (Wildman–Crippen LogP) is 2.97. The fourth-order valence-corrected chi connectivity index (χ4v) is 3.63. The second kappa shape index (κ2) is 8.35. The summed E-state index contributed by atoms with van der Waals surface area (Å²) in [5.74, 6) is 0.0174. The quantitative estimate of drug-likeness (QED) is 0.745. The molecule has 1 N–H and O–H groups in total. The number of benzene rings is 2. The standard InChI is InChI=1S/C22H25N5O/c1-17-7-5-6-10-20(17)27-16-23-21(25-27)22(28)24-19-11-13-26(14-12-19)15-18-8-3-2-4-9-18/h2-10,16,19H,11-15H2,1H3,(H,24,28). The van der Waals surface area contributed by atoms with Crippen LogP contribution in [-0.2, 0) is 6.54 Å². The van der Waals surface area contributed by atoms with Crippen LogP contribution < -0.4 is 5.32 Å². The van der Waals surface area contributed by atoms with E-state index in [9.17, 15) is 4.79 Å². The molecule has 1 fully saturated rings. The summed E-state index contributed by atoms with van der Waals surface area (Å²) >= 11 is 0. The van der Waals surface area contributed by atoms with Gasteiger partial charge in [0.1, 0.15) is 6.33 Å². The fraction of sp³-hybridized carbons (Fsp3) is 0.318. The minimum absolute atomic E-state index is 0.171. The van der Waals surface area contributed by atoms with Gasteiger partial charge in [-0.15, -0.1) is 5.10 Å². The van der Waals surface area contributed by atoms with Gasteiger partial charge < -0.3 is 5.32 Å². The van der Waals surface area contributed by atoms with Crippen LogP contribution in [0.3, 0.4) is 0 Å². The number of para-hydroxylation sites is 1. The second-order valence-electron chi connectivity index (χ2n) is 7.31. The summed E-state index contributed by atoms with van der Waals surface area (Å²) in [5.41, 5.74) is 3.35. The maximum Gasteiger partial charge on any atom is 0.291 e. The predicted molar refractivity (Wildman–Crippen MR) is 108 cm³/mol. The molecule has 1 aliphatic rings. The first-order valence-corrected chi connectivity index (χ1v) is 9.74. The first-order chi connectivity index (χ1) is 13.7. The third kappa shape index (κ3) is 4.28. The van der Waals surface area contributed by atoms with Crippen LogP contribution in [0.15, 0.2) is 60.9 Å². The molecule has 0 radical (unpaired) electrons. The third-order valence-electron chi connectivity index (χ3n) is 5.23. The second-order valence-corrected chi connectivity index (χ2v) is 7.31. The number of piperidine rings is 1. The average molecular weight is 375 g/mol. The minimum atomic E-state index is -0.200. The number of rotatable bonds is 5. The summed E-state index contributed by atoms with van der Waals surface area (Å²) in [6.07, 6.45) is 3.48. The van der Waals surface area contributed by atoms with Crippen LogP contribution in [0.5, 0.6) is 0 Å². The van der Waals surface area contributed by atoms with Crippen molar-refractivity contribution >= 4 is 5.91 Å². The van der Waals surface area contributed by atoms with Crippen molar-refractivity contribution in [2.75, 3.05) is 13.1 Å². The molecule has 28 heavy (non-hydrogen) atoms. The van der Waals surface area contributed by atoms with E-state index in [0.29, 0.717) is 0 Å². The summed E-state index contributed by atoms with van der Waals surface area (Å²) in [5, 5.41) is 7.46. The number of aryl methyl sites for hydroxylation is 1. The Morgan fingerprint density at radius 1 is 1.07 bits per heavy atom. The Bertz CT molecular complexity index is 929. The molecular formula is C22H25N5O. The van der Waals surface area contributed by atoms with Gasteiger partial charge in [0.25, 0.3) is 5.91 Å². The highest BCUT2D eigenvalue weighted by Gasteiger charge is 2.22. The van der Waals surface area contributed by atoms with E-state index in [-0.39, 0.29) is 17.8 Å². The molecule has 1 saturated heterocycles. The molecule has 1 aliphatic heterocycles. The Kier molecular flexibility index (Phi) is 5.48. The number of likely N-dealkylation sites (tertiary alicyclic amines) is 1. The molecule has 2 heterocycles. The van der Waals surface area contributed by atoms with Crippen molar-refractivity contribution in [3.8, 4) is 5.69 Å². The minimum Gasteiger partial charge on any atom is -0.346 e. The zero-order chi connectivity index (χ0) is 19.3. The lowest BCUT2D eigenvalue weighted by atomic mass is 10.0. The van der Waals surface area contributed by atoms with E-state index in [1.165, 1.54) is 5.56 Å². The monoisotopic (exact) mass is 375 g/mol. The van der Waals surface area contributed by atoms with Crippen LogP contribution in [-0.4, -0.2) is 44.7 Å². The van der Waals surface area contributed by atoms with Gasteiger partial charge in [-0.05, 0) is 37.0 Å². The van der Waals surface area contributed by atoms with E-state index in [0.717, 1.165) is 43.7 Å². The van der Waals surface area contributed by atoms with Gasteiger partial charge in [0, 0.05) is 25.7 Å². The topological polar surface area (TPSA) is 63.1 Å². The molecule has 3 aromatic rings. The van der Waals surface area contributed by atoms with E-state index in [1.54, 1.807) is 11.0 Å². The van der Waals surface area contributed by atoms with Gasteiger partial charge >= 0.3 is 0 Å². The lowest BCUT2D eigenvalue weighted by Crippen LogP contribution is -2.44. The number of hydrogen-bond acceptors (Lipinski definition) is 4. The van der Waals surface area contributed by atoms with Crippen LogP contribution in [0, 0.1) is 6.92 Å². The van der Waals surface area contributed by atoms with Crippen molar-refractivity contribution in [3.05, 3.63) is 77.9 Å². The molecule has 1 aromatic heterocycles. The van der Waals surface area contributed by atoms with Gasteiger partial charge in [0.15, 0.2) is 0 Å². The molecule has 6 nitrogen and oxygen atoms in total. The lowest BCUT2D eigenvalue weighted by molar-refractivity contribution is 0.0898. The van der Waals surface area contributed by atoms with Gasteiger partial charge in [-0.1, -0.05) is 48.5 Å². The first-order valence-electron chi connectivity index (χ1n) is 9.74. The Morgan fingerprint density at radius 3 is 2.54 bits per heavy atom. The molecule has 1 amide bonds. The molecule has 144 valence electrons. The van der Waals surface area contributed by atoms with Crippen molar-refractivity contribution in [3.63, 3.8) is 0 Å². The van der Waals surface area contributed by atoms with Crippen molar-refractivity contribution in [1.29, 1.82) is 0 Å². The molecular weight excluding hydrogens is 350 g/mol. The SMILES string of the molecule is Cc1ccccc1-n1cnc(C(=O)NC2CCN(Cc3ccccc3)CC2)n1. The highest BCUT2D eigenvalue weighted by atomic mass is 16.2. The average Bonchev–Trinajstić information content (AvgIpc) is 3.21. The molecule has 0 atom stereocenters. The zero-order valence-corrected chi connectivity index (χ0v) is 16.1. The number of hydrogen-bond donors (Lipinski definition) is 1. The van der Waals surface area contributed by atoms with Crippen LogP contribution in [0.2, 0.25) is 0 Å². The van der Waals surface area contributed by atoms with E-state index in [4.69, 9.17) is 0 Å². The molecule has 0 unspecified atom stereocenters. The maximum atomic E-state index is 12.6. The summed E-state index contributed by atoms with van der Waals surface area (Å²) in [6, 6.07) is 18.6. The highest BCUT2D eigenvalue weighted by Crippen LogP contribution is 2.15. The van der Waals surface area contributed by atoms with Gasteiger partial charge in [-0.25, -0.2) is 9.67 Å². The van der Waals surface area contributed by atoms with Crippen LogP contribution in [0.1, 0.15) is 34.6 Å². The maximum absolute atomic E-state index is 12.6. The normalized spacial score (nSPS) is 15.5. The number of amides is 1. The van der Waals surface area contributed by atoms with Gasteiger partial charge in [0.05, 0.1) is 5.69 Å². The van der Waals surface area contributed by atoms with Crippen molar-refractivity contribution in [2.45, 2.75) is 32.4 Å². The smallest absolute Gasteiger partial charge is 0.291 e. The summed E-state index contributed by atoms with van der Waals surface area (Å²) in [4.78, 5) is 19.2. The molecule has 0 saturated carbocycles. The van der Waals surface area contributed by atoms with Crippen molar-refractivity contribution in [1.82, 2.24) is 25.0 Å². The van der Waals surface area contributed by atoms with Crippen molar-refractivity contribution < 1.29 is 4.79 Å². The summed E-state index contributed by atoms with van der Waals surface area (Å²) in [7, 11) is 0. The number of carbonyl (C=O) groups excluding carboxylic acids is 1. The van der Waals surface area contributed by atoms with Crippen molar-refractivity contribution in [2.24, 2.45) is 0 Å². The van der Waals surface area contributed by atoms with E-state index in [2.05, 4.69) is 44.6 Å². The third-order valence-corrected chi connectivity index (χ3v) is 5.23. The number of aromatic nitrogens is 3. The Morgan fingerprint density at radius 2 is 1.79 bits per heavy atom. The largest absolute Gasteiger partial charge is 0.346 e. The van der Waals surface area contributed by atoms with E-state index < -0.39 is 0 Å². The Balaban J connectivity index is 1.31. The molecule has 0 spiro atoms. The van der Waals surface area contributed by atoms with Crippen LogP contribution in [0.4, 0.5) is 0 Å². The highest BCUT2D eigenvalue weighted by molar-refractivity contribution is 5.90. The van der Waals surface area contributed by atoms with Gasteiger partial charge in [-0.2, -0.15) is 0 Å². The molecule has 4 rings (SSSR count). The van der Waals surface area contributed by atoms with E-state index in [1.807, 2.05) is 37.3 Å². The Hall–Kier alpha value is -2.99. The van der Waals surface area contributed by atoms with E-state index >= 15 is 0 Å². The summed E-state index contributed by atoms with van der Waals surface area (Å²) < 4.78 is 1.66. The van der Waals surface area contributed by atoms with Crippen LogP contribution in [0.25, 0.3) is 5.69 Å². The fourth-order valence-electron chi connectivity index (χ4n) is 3.63. The van der Waals surface area contributed by atoms with Crippen LogP contribution >= 0.6 is 0 Å². The number of nitrogens with one attached hydrogen (secondary N) is 1. The van der Waals surface area contributed by atoms with Gasteiger partial charge in [-0.3, -0.25) is 9.69 Å².